The highest BCUT2D eigenvalue weighted by Crippen LogP contribution is 2.33. The first-order chi connectivity index (χ1) is 18.5. The van der Waals surface area contributed by atoms with Gasteiger partial charge in [-0.3, -0.25) is 9.59 Å². The maximum absolute atomic E-state index is 13.6. The van der Waals surface area contributed by atoms with Gasteiger partial charge in [0.05, 0.1) is 19.4 Å². The molecule has 1 aromatic heterocycles. The smallest absolute Gasteiger partial charge is 0.242 e. The molecule has 0 bridgehead atoms. The fraction of sp³-hybridized carbons (Fsp3) is 0.613. The van der Waals surface area contributed by atoms with Gasteiger partial charge in [0.15, 0.2) is 11.5 Å². The number of carbonyl (C=O) groups is 2. The average molecular weight is 527 g/mol. The summed E-state index contributed by atoms with van der Waals surface area (Å²) in [7, 11) is 0. The van der Waals surface area contributed by atoms with Crippen LogP contribution < -0.4 is 9.47 Å². The van der Waals surface area contributed by atoms with E-state index in [1.165, 1.54) is 44.9 Å². The molecule has 7 nitrogen and oxygen atoms in total. The maximum Gasteiger partial charge on any atom is 0.242 e. The second kappa shape index (κ2) is 16.1. The van der Waals surface area contributed by atoms with Crippen molar-refractivity contribution in [2.75, 3.05) is 19.9 Å². The van der Waals surface area contributed by atoms with Crippen molar-refractivity contribution < 1.29 is 23.5 Å². The number of benzene rings is 1. The number of amides is 2. The number of nitrogens with zero attached hydrogens (tertiary/aromatic N) is 2. The lowest BCUT2D eigenvalue weighted by atomic mass is 10.1. The first-order valence-corrected chi connectivity index (χ1v) is 14.4. The zero-order valence-corrected chi connectivity index (χ0v) is 23.6. The molecule has 0 unspecified atom stereocenters. The molecule has 3 rings (SSSR count). The second-order valence-corrected chi connectivity index (χ2v) is 10.8. The quantitative estimate of drug-likeness (QED) is 0.197. The third-order valence-corrected chi connectivity index (χ3v) is 6.85. The zero-order chi connectivity index (χ0) is 27.2. The Morgan fingerprint density at radius 3 is 2.24 bits per heavy atom. The number of carbonyl (C=O) groups excluding carboxylic acids is 2. The van der Waals surface area contributed by atoms with Crippen molar-refractivity contribution in [3.63, 3.8) is 0 Å². The lowest BCUT2D eigenvalue weighted by molar-refractivity contribution is -0.141. The van der Waals surface area contributed by atoms with E-state index in [9.17, 15) is 9.59 Å². The molecule has 1 aliphatic heterocycles. The van der Waals surface area contributed by atoms with Crippen LogP contribution in [0, 0.1) is 5.92 Å². The summed E-state index contributed by atoms with van der Waals surface area (Å²) in [6.07, 6.45) is 13.0. The van der Waals surface area contributed by atoms with Gasteiger partial charge in [0.2, 0.25) is 18.6 Å². The van der Waals surface area contributed by atoms with Crippen LogP contribution in [0.2, 0.25) is 0 Å². The monoisotopic (exact) mass is 526 g/mol. The highest BCUT2D eigenvalue weighted by molar-refractivity contribution is 5.84. The van der Waals surface area contributed by atoms with Crippen molar-refractivity contribution in [1.82, 2.24) is 9.80 Å². The number of fused-ring (bicyclic) bond motifs is 1. The summed E-state index contributed by atoms with van der Waals surface area (Å²) in [5.41, 5.74) is 0.936. The van der Waals surface area contributed by atoms with Crippen LogP contribution >= 0.6 is 0 Å². The van der Waals surface area contributed by atoms with Gasteiger partial charge in [-0.05, 0) is 42.2 Å². The van der Waals surface area contributed by atoms with E-state index < -0.39 is 0 Å². The Morgan fingerprint density at radius 2 is 1.55 bits per heavy atom. The van der Waals surface area contributed by atoms with E-state index in [0.717, 1.165) is 18.4 Å². The molecule has 0 aliphatic carbocycles. The standard InChI is InChI=1S/C31H46N2O5/c1-4-5-6-7-8-9-10-11-12-15-30(34)32(20-25(2)3)23-31(35)33(22-27-14-13-18-36-27)21-26-16-17-28-29(19-26)38-24-37-28/h13-14,16-19,25H,4-12,15,20-24H2,1-3H3. The summed E-state index contributed by atoms with van der Waals surface area (Å²) in [4.78, 5) is 30.2. The van der Waals surface area contributed by atoms with Gasteiger partial charge in [-0.15, -0.1) is 0 Å². The SMILES string of the molecule is CCCCCCCCCCCC(=O)N(CC(=O)N(Cc1ccc2c(c1)OCO2)Cc1ccco1)CC(C)C. The third-order valence-electron chi connectivity index (χ3n) is 6.85. The van der Waals surface area contributed by atoms with Crippen LogP contribution in [0.3, 0.4) is 0 Å². The summed E-state index contributed by atoms with van der Waals surface area (Å²) in [5, 5.41) is 0. The number of ether oxygens (including phenoxy) is 2. The predicted molar refractivity (Wildman–Crippen MR) is 149 cm³/mol. The highest BCUT2D eigenvalue weighted by atomic mass is 16.7. The van der Waals surface area contributed by atoms with Crippen LogP contribution in [0.15, 0.2) is 41.0 Å². The van der Waals surface area contributed by atoms with Gasteiger partial charge in [-0.2, -0.15) is 0 Å². The number of rotatable bonds is 18. The summed E-state index contributed by atoms with van der Waals surface area (Å²) in [5.74, 6) is 2.35. The van der Waals surface area contributed by atoms with Gasteiger partial charge >= 0.3 is 0 Å². The molecule has 2 amide bonds. The molecule has 7 heteroatoms. The molecule has 0 saturated carbocycles. The molecule has 0 radical (unpaired) electrons. The van der Waals surface area contributed by atoms with Crippen LogP contribution in [0.4, 0.5) is 0 Å². The molecule has 0 N–H and O–H groups in total. The van der Waals surface area contributed by atoms with Crippen LogP contribution in [0.25, 0.3) is 0 Å². The van der Waals surface area contributed by atoms with Gasteiger partial charge in [0, 0.05) is 19.5 Å². The number of hydrogen-bond donors (Lipinski definition) is 0. The molecule has 2 aromatic rings. The van der Waals surface area contributed by atoms with E-state index in [1.807, 2.05) is 30.3 Å². The van der Waals surface area contributed by atoms with E-state index in [4.69, 9.17) is 13.9 Å². The average Bonchev–Trinajstić information content (AvgIpc) is 3.58. The summed E-state index contributed by atoms with van der Waals surface area (Å²) in [6, 6.07) is 9.40. The third kappa shape index (κ3) is 10.1. The Hall–Kier alpha value is -2.96. The molecule has 210 valence electrons. The summed E-state index contributed by atoms with van der Waals surface area (Å²) < 4.78 is 16.5. The van der Waals surface area contributed by atoms with Gasteiger partial charge < -0.3 is 23.7 Å². The van der Waals surface area contributed by atoms with Gasteiger partial charge in [0.1, 0.15) is 5.76 Å². The van der Waals surface area contributed by atoms with Crippen molar-refractivity contribution >= 4 is 11.8 Å². The number of furan rings is 1. The molecule has 0 spiro atoms. The molecule has 38 heavy (non-hydrogen) atoms. The van der Waals surface area contributed by atoms with Crippen LogP contribution in [0.5, 0.6) is 11.5 Å². The van der Waals surface area contributed by atoms with Gasteiger partial charge in [-0.1, -0.05) is 78.2 Å². The van der Waals surface area contributed by atoms with Crippen LogP contribution in [-0.2, 0) is 22.7 Å². The molecular weight excluding hydrogens is 480 g/mol. The minimum atomic E-state index is -0.0971. The van der Waals surface area contributed by atoms with Gasteiger partial charge in [-0.25, -0.2) is 0 Å². The number of hydrogen-bond acceptors (Lipinski definition) is 5. The van der Waals surface area contributed by atoms with E-state index in [-0.39, 0.29) is 31.1 Å². The van der Waals surface area contributed by atoms with Crippen molar-refractivity contribution in [1.29, 1.82) is 0 Å². The molecule has 1 aliphatic rings. The zero-order valence-electron chi connectivity index (χ0n) is 23.6. The number of unbranched alkanes of at least 4 members (excludes halogenated alkanes) is 8. The van der Waals surface area contributed by atoms with Crippen LogP contribution in [0.1, 0.15) is 96.3 Å². The summed E-state index contributed by atoms with van der Waals surface area (Å²) >= 11 is 0. The lowest BCUT2D eigenvalue weighted by Gasteiger charge is -2.28. The fourth-order valence-corrected chi connectivity index (χ4v) is 4.79. The molecule has 0 saturated heterocycles. The van der Waals surface area contributed by atoms with Crippen molar-refractivity contribution in [2.45, 2.75) is 98.1 Å². The van der Waals surface area contributed by atoms with E-state index >= 15 is 0 Å². The fourth-order valence-electron chi connectivity index (χ4n) is 4.79. The highest BCUT2D eigenvalue weighted by Gasteiger charge is 2.24. The van der Waals surface area contributed by atoms with Crippen molar-refractivity contribution in [3.8, 4) is 11.5 Å². The van der Waals surface area contributed by atoms with Crippen molar-refractivity contribution in [2.24, 2.45) is 5.92 Å². The molecule has 0 fully saturated rings. The van der Waals surface area contributed by atoms with E-state index in [1.54, 1.807) is 16.1 Å². The largest absolute Gasteiger partial charge is 0.467 e. The first-order valence-electron chi connectivity index (χ1n) is 14.4. The Kier molecular flexibility index (Phi) is 12.5. The Morgan fingerprint density at radius 1 is 0.842 bits per heavy atom. The molecule has 0 atom stereocenters. The normalized spacial score (nSPS) is 12.2. The van der Waals surface area contributed by atoms with Crippen LogP contribution in [-0.4, -0.2) is 41.5 Å². The molecule has 2 heterocycles. The molecule has 1 aromatic carbocycles. The summed E-state index contributed by atoms with van der Waals surface area (Å²) in [6.45, 7) is 7.97. The minimum Gasteiger partial charge on any atom is -0.467 e. The van der Waals surface area contributed by atoms with E-state index in [0.29, 0.717) is 43.3 Å². The minimum absolute atomic E-state index is 0.0658. The van der Waals surface area contributed by atoms with Gasteiger partial charge in [0.25, 0.3) is 0 Å². The maximum atomic E-state index is 13.6. The second-order valence-electron chi connectivity index (χ2n) is 10.8. The first kappa shape index (κ1) is 29.6. The topological polar surface area (TPSA) is 72.2 Å². The lowest BCUT2D eigenvalue weighted by Crippen LogP contribution is -2.43. The Bertz CT molecular complexity index is 973. The Labute approximate surface area is 228 Å². The Balaban J connectivity index is 1.55. The molecular formula is C31H46N2O5. The van der Waals surface area contributed by atoms with E-state index in [2.05, 4.69) is 20.8 Å². The predicted octanol–water partition coefficient (Wildman–Crippen LogP) is 6.94. The van der Waals surface area contributed by atoms with Crippen molar-refractivity contribution in [3.05, 3.63) is 47.9 Å².